The first kappa shape index (κ1) is 21.2. The third-order valence-corrected chi connectivity index (χ3v) is 7.30. The van der Waals surface area contributed by atoms with Crippen LogP contribution in [0.25, 0.3) is 0 Å². The zero-order chi connectivity index (χ0) is 21.1. The molecule has 0 radical (unpaired) electrons. The van der Waals surface area contributed by atoms with Crippen molar-refractivity contribution in [3.05, 3.63) is 35.2 Å². The molecule has 2 heterocycles. The maximum absolute atomic E-state index is 5.95. The van der Waals surface area contributed by atoms with Crippen molar-refractivity contribution in [2.75, 3.05) is 20.1 Å². The maximum atomic E-state index is 5.95. The molecule has 2 N–H and O–H groups in total. The summed E-state index contributed by atoms with van der Waals surface area (Å²) in [5.74, 6) is 1.50. The minimum Gasteiger partial charge on any atom is -0.404 e. The summed E-state index contributed by atoms with van der Waals surface area (Å²) in [5.41, 5.74) is 9.91. The van der Waals surface area contributed by atoms with E-state index in [4.69, 9.17) is 20.7 Å². The lowest BCUT2D eigenvalue weighted by Crippen LogP contribution is -2.34. The van der Waals surface area contributed by atoms with Gasteiger partial charge in [-0.25, -0.2) is 4.99 Å². The van der Waals surface area contributed by atoms with Gasteiger partial charge in [0, 0.05) is 24.2 Å². The van der Waals surface area contributed by atoms with Crippen molar-refractivity contribution >= 4 is 18.1 Å². The maximum Gasteiger partial charge on any atom is 0.103 e. The second-order valence-corrected chi connectivity index (χ2v) is 9.72. The van der Waals surface area contributed by atoms with Crippen LogP contribution >= 0.6 is 0 Å². The van der Waals surface area contributed by atoms with Gasteiger partial charge in [-0.3, -0.25) is 9.98 Å². The second kappa shape index (κ2) is 9.01. The number of piperidine rings is 1. The van der Waals surface area contributed by atoms with Crippen molar-refractivity contribution in [2.24, 2.45) is 32.5 Å². The van der Waals surface area contributed by atoms with Gasteiger partial charge >= 0.3 is 0 Å². The Morgan fingerprint density at radius 2 is 2.10 bits per heavy atom. The van der Waals surface area contributed by atoms with E-state index in [-0.39, 0.29) is 5.54 Å². The Kier molecular flexibility index (Phi) is 6.37. The Hall–Kier alpha value is -2.01. The Morgan fingerprint density at radius 1 is 1.33 bits per heavy atom. The summed E-state index contributed by atoms with van der Waals surface area (Å²) in [6, 6.07) is 0.441. The molecule has 4 rings (SSSR count). The number of hydrogen-bond donors (Lipinski definition) is 1. The summed E-state index contributed by atoms with van der Waals surface area (Å²) in [6.45, 7) is 6.78. The van der Waals surface area contributed by atoms with Crippen LogP contribution in [0.15, 0.2) is 50.2 Å². The van der Waals surface area contributed by atoms with E-state index in [9.17, 15) is 0 Å². The highest BCUT2D eigenvalue weighted by Crippen LogP contribution is 2.38. The van der Waals surface area contributed by atoms with Gasteiger partial charge in [-0.05, 0) is 82.6 Å². The number of hydrogen-bond acceptors (Lipinski definition) is 5. The van der Waals surface area contributed by atoms with Crippen molar-refractivity contribution in [1.29, 1.82) is 0 Å². The third-order valence-electron chi connectivity index (χ3n) is 7.30. The van der Waals surface area contributed by atoms with Gasteiger partial charge in [-0.1, -0.05) is 25.8 Å². The van der Waals surface area contributed by atoms with E-state index in [1.54, 1.807) is 6.20 Å². The van der Waals surface area contributed by atoms with Crippen LogP contribution in [-0.4, -0.2) is 54.8 Å². The van der Waals surface area contributed by atoms with Gasteiger partial charge in [0.15, 0.2) is 0 Å². The van der Waals surface area contributed by atoms with Gasteiger partial charge in [0.25, 0.3) is 0 Å². The molecule has 1 atom stereocenters. The second-order valence-electron chi connectivity index (χ2n) is 9.72. The molecule has 0 aromatic carbocycles. The number of allylic oxidation sites excluding steroid dienone is 3. The van der Waals surface area contributed by atoms with E-state index < -0.39 is 0 Å². The first-order chi connectivity index (χ1) is 14.5. The van der Waals surface area contributed by atoms with Gasteiger partial charge in [-0.15, -0.1) is 0 Å². The highest BCUT2D eigenvalue weighted by atomic mass is 15.1. The summed E-state index contributed by atoms with van der Waals surface area (Å²) in [6.07, 6.45) is 18.5. The number of rotatable bonds is 6. The molecule has 1 saturated carbocycles. The van der Waals surface area contributed by atoms with Crippen LogP contribution in [-0.2, 0) is 0 Å². The zero-order valence-electron chi connectivity index (χ0n) is 18.8. The van der Waals surface area contributed by atoms with Crippen LogP contribution in [0.4, 0.5) is 0 Å². The molecule has 5 nitrogen and oxygen atoms in total. The van der Waals surface area contributed by atoms with Crippen molar-refractivity contribution in [3.63, 3.8) is 0 Å². The Labute approximate surface area is 181 Å². The van der Waals surface area contributed by atoms with Crippen LogP contribution in [0.2, 0.25) is 0 Å². The molecule has 1 unspecified atom stereocenters. The van der Waals surface area contributed by atoms with E-state index >= 15 is 0 Å². The summed E-state index contributed by atoms with van der Waals surface area (Å²) < 4.78 is 0. The standard InChI is InChI=1S/C25H37N5/c1-4-5-18-12-22(13-18)27-16-21(15-26)23-17-28-25(2)9-6-20(14-24(25)29-23)19-7-10-30(3)11-8-19/h6,14-19,22H,4-5,7-13,26H2,1-3H3. The lowest BCUT2D eigenvalue weighted by molar-refractivity contribution is 0.239. The average Bonchev–Trinajstić information content (AvgIpc) is 2.72. The number of aliphatic imine (C=N–C) groups is 3. The van der Waals surface area contributed by atoms with E-state index in [2.05, 4.69) is 37.9 Å². The van der Waals surface area contributed by atoms with E-state index in [1.165, 1.54) is 57.2 Å². The molecule has 0 spiro atoms. The molecule has 0 aromatic heterocycles. The summed E-state index contributed by atoms with van der Waals surface area (Å²) in [7, 11) is 2.21. The molecule has 0 bridgehead atoms. The fourth-order valence-electron chi connectivity index (χ4n) is 5.04. The number of nitrogens with zero attached hydrogens (tertiary/aromatic N) is 4. The molecular weight excluding hydrogens is 370 g/mol. The zero-order valence-corrected chi connectivity index (χ0v) is 18.8. The van der Waals surface area contributed by atoms with Crippen LogP contribution in [0, 0.1) is 11.8 Å². The summed E-state index contributed by atoms with van der Waals surface area (Å²) >= 11 is 0. The molecule has 162 valence electrons. The molecule has 30 heavy (non-hydrogen) atoms. The Balaban J connectivity index is 1.46. The van der Waals surface area contributed by atoms with Crippen LogP contribution in [0.1, 0.15) is 58.8 Å². The fraction of sp³-hybridized carbons (Fsp3) is 0.640. The van der Waals surface area contributed by atoms with Gasteiger partial charge in [-0.2, -0.15) is 0 Å². The minimum absolute atomic E-state index is 0.253. The van der Waals surface area contributed by atoms with Gasteiger partial charge in [0.2, 0.25) is 0 Å². The fourth-order valence-corrected chi connectivity index (χ4v) is 5.04. The number of nitrogens with two attached hydrogens (primary N) is 1. The van der Waals surface area contributed by atoms with Gasteiger partial charge in [0.05, 0.1) is 17.5 Å². The largest absolute Gasteiger partial charge is 0.404 e. The van der Waals surface area contributed by atoms with E-state index in [0.29, 0.717) is 12.0 Å². The summed E-state index contributed by atoms with van der Waals surface area (Å²) in [5, 5.41) is 0. The quantitative estimate of drug-likeness (QED) is 0.667. The highest BCUT2D eigenvalue weighted by molar-refractivity contribution is 6.44. The van der Waals surface area contributed by atoms with Crippen molar-refractivity contribution in [3.8, 4) is 0 Å². The predicted octanol–water partition coefficient (Wildman–Crippen LogP) is 4.32. The average molecular weight is 408 g/mol. The smallest absolute Gasteiger partial charge is 0.103 e. The highest BCUT2D eigenvalue weighted by Gasteiger charge is 2.34. The lowest BCUT2D eigenvalue weighted by Gasteiger charge is -2.35. The van der Waals surface area contributed by atoms with E-state index in [1.807, 2.05) is 12.4 Å². The minimum atomic E-state index is -0.253. The normalized spacial score (nSPS) is 33.0. The molecule has 2 aliphatic heterocycles. The van der Waals surface area contributed by atoms with Crippen molar-refractivity contribution in [2.45, 2.75) is 70.4 Å². The number of fused-ring (bicyclic) bond motifs is 1. The first-order valence-corrected chi connectivity index (χ1v) is 11.7. The monoisotopic (exact) mass is 407 g/mol. The molecule has 2 aliphatic carbocycles. The molecule has 0 amide bonds. The molecule has 0 aromatic rings. The van der Waals surface area contributed by atoms with Gasteiger partial charge in [0.1, 0.15) is 5.54 Å². The molecule has 4 aliphatic rings. The van der Waals surface area contributed by atoms with E-state index in [0.717, 1.165) is 29.3 Å². The van der Waals surface area contributed by atoms with Crippen molar-refractivity contribution in [1.82, 2.24) is 4.90 Å². The Bertz CT molecular complexity index is 816. The summed E-state index contributed by atoms with van der Waals surface area (Å²) in [4.78, 5) is 17.1. The SMILES string of the molecule is CCCC1CC(N=CC(=CN)C2=NC3=CC(C4CCN(C)CC4)=CCC3(C)N=C2)C1. The van der Waals surface area contributed by atoms with Crippen LogP contribution in [0.5, 0.6) is 0 Å². The molecule has 2 fully saturated rings. The molecule has 5 heteroatoms. The third kappa shape index (κ3) is 4.51. The van der Waals surface area contributed by atoms with Crippen LogP contribution in [0.3, 0.4) is 0 Å². The van der Waals surface area contributed by atoms with Gasteiger partial charge < -0.3 is 10.6 Å². The Morgan fingerprint density at radius 3 is 2.80 bits per heavy atom. The lowest BCUT2D eigenvalue weighted by atomic mass is 9.78. The topological polar surface area (TPSA) is 66.3 Å². The first-order valence-electron chi connectivity index (χ1n) is 11.7. The predicted molar refractivity (Wildman–Crippen MR) is 128 cm³/mol. The molecular formula is C25H37N5. The van der Waals surface area contributed by atoms with Crippen molar-refractivity contribution < 1.29 is 0 Å². The molecule has 1 saturated heterocycles. The van der Waals surface area contributed by atoms with Crippen LogP contribution < -0.4 is 5.73 Å². The number of likely N-dealkylation sites (tertiary alicyclic amines) is 1.